The molecule has 0 bridgehead atoms. The fourth-order valence-corrected chi connectivity index (χ4v) is 5.44. The van der Waals surface area contributed by atoms with E-state index in [0.29, 0.717) is 16.9 Å². The van der Waals surface area contributed by atoms with Gasteiger partial charge in [-0.15, -0.1) is 0 Å². The molecule has 7 heteroatoms. The minimum Gasteiger partial charge on any atom is -0.392 e. The highest BCUT2D eigenvalue weighted by molar-refractivity contribution is 6.25. The first kappa shape index (κ1) is 19.0. The number of rotatable bonds is 2. The van der Waals surface area contributed by atoms with E-state index in [-0.39, 0.29) is 11.8 Å². The summed E-state index contributed by atoms with van der Waals surface area (Å²) in [5.41, 5.74) is 2.24. The Morgan fingerprint density at radius 2 is 1.70 bits per heavy atom. The molecule has 1 spiro atoms. The number of benzene rings is 2. The Morgan fingerprint density at radius 3 is 2.37 bits per heavy atom. The van der Waals surface area contributed by atoms with Crippen LogP contribution in [0.15, 0.2) is 42.5 Å². The third-order valence-electron chi connectivity index (χ3n) is 6.54. The second kappa shape index (κ2) is 6.23. The zero-order valence-corrected chi connectivity index (χ0v) is 17.0. The van der Waals surface area contributed by atoms with Gasteiger partial charge in [-0.3, -0.25) is 19.7 Å². The Bertz CT molecular complexity index is 1090. The number of carbonyl (C=O) groups is 3. The molecule has 2 aromatic carbocycles. The van der Waals surface area contributed by atoms with Gasteiger partial charge in [-0.2, -0.15) is 0 Å². The van der Waals surface area contributed by atoms with Crippen LogP contribution >= 0.6 is 0 Å². The third-order valence-corrected chi connectivity index (χ3v) is 6.54. The Labute approximate surface area is 174 Å². The van der Waals surface area contributed by atoms with Crippen LogP contribution < -0.4 is 15.5 Å². The molecule has 0 unspecified atom stereocenters. The zero-order valence-electron chi connectivity index (χ0n) is 17.0. The van der Waals surface area contributed by atoms with E-state index in [0.717, 1.165) is 11.1 Å². The lowest BCUT2D eigenvalue weighted by Crippen LogP contribution is -2.54. The zero-order chi connectivity index (χ0) is 21.4. The normalized spacial score (nSPS) is 30.6. The van der Waals surface area contributed by atoms with Crippen molar-refractivity contribution in [2.24, 2.45) is 11.8 Å². The number of aliphatic hydroxyl groups excluding tert-OH is 1. The molecule has 3 heterocycles. The van der Waals surface area contributed by atoms with Crippen LogP contribution in [0.5, 0.6) is 0 Å². The molecular formula is C23H23N3O4. The number of hydrogen-bond donors (Lipinski definition) is 3. The van der Waals surface area contributed by atoms with Crippen molar-refractivity contribution < 1.29 is 19.5 Å². The number of hydrogen-bond acceptors (Lipinski definition) is 5. The molecule has 2 fully saturated rings. The maximum atomic E-state index is 13.7. The van der Waals surface area contributed by atoms with Gasteiger partial charge in [0, 0.05) is 17.3 Å². The van der Waals surface area contributed by atoms with Crippen molar-refractivity contribution in [3.05, 3.63) is 59.2 Å². The Morgan fingerprint density at radius 1 is 1.03 bits per heavy atom. The second-order valence-corrected chi connectivity index (χ2v) is 8.58. The summed E-state index contributed by atoms with van der Waals surface area (Å²) in [4.78, 5) is 41.7. The molecule has 0 radical (unpaired) electrons. The maximum absolute atomic E-state index is 13.7. The predicted molar refractivity (Wildman–Crippen MR) is 111 cm³/mol. The van der Waals surface area contributed by atoms with E-state index in [2.05, 4.69) is 10.6 Å². The summed E-state index contributed by atoms with van der Waals surface area (Å²) in [5, 5.41) is 16.5. The van der Waals surface area contributed by atoms with Crippen LogP contribution in [-0.2, 0) is 19.9 Å². The highest BCUT2D eigenvalue weighted by Crippen LogP contribution is 2.53. The molecule has 2 saturated heterocycles. The summed E-state index contributed by atoms with van der Waals surface area (Å²) in [5.74, 6) is -2.95. The first-order valence-electron chi connectivity index (χ1n) is 10.1. The lowest BCUT2D eigenvalue weighted by molar-refractivity contribution is -0.130. The molecule has 0 aromatic heterocycles. The Kier molecular flexibility index (Phi) is 3.94. The maximum Gasteiger partial charge on any atom is 0.250 e. The number of anilines is 2. The van der Waals surface area contributed by atoms with Gasteiger partial charge in [0.2, 0.25) is 17.7 Å². The van der Waals surface area contributed by atoms with Crippen LogP contribution in [-0.4, -0.2) is 35.0 Å². The number of aliphatic hydroxyl groups is 1. The molecule has 3 amide bonds. The van der Waals surface area contributed by atoms with Crippen molar-refractivity contribution in [3.8, 4) is 0 Å². The highest BCUT2D eigenvalue weighted by Gasteiger charge is 2.71. The molecule has 2 aromatic rings. The minimum absolute atomic E-state index is 0.370. The summed E-state index contributed by atoms with van der Waals surface area (Å²) < 4.78 is 0. The first-order chi connectivity index (χ1) is 14.3. The predicted octanol–water partition coefficient (Wildman–Crippen LogP) is 1.61. The van der Waals surface area contributed by atoms with Gasteiger partial charge in [-0.1, -0.05) is 24.3 Å². The number of amides is 3. The largest absolute Gasteiger partial charge is 0.392 e. The number of aryl methyl sites for hydroxylation is 2. The van der Waals surface area contributed by atoms with Gasteiger partial charge in [-0.25, -0.2) is 4.90 Å². The second-order valence-electron chi connectivity index (χ2n) is 8.58. The summed E-state index contributed by atoms with van der Waals surface area (Å²) in [6.45, 7) is 5.39. The quantitative estimate of drug-likeness (QED) is 0.660. The van der Waals surface area contributed by atoms with Gasteiger partial charge < -0.3 is 10.4 Å². The van der Waals surface area contributed by atoms with E-state index in [1.54, 1.807) is 43.3 Å². The number of nitrogens with zero attached hydrogens (tertiary/aromatic N) is 1. The average Bonchev–Trinajstić information content (AvgIpc) is 3.26. The molecule has 0 saturated carbocycles. The van der Waals surface area contributed by atoms with Crippen molar-refractivity contribution >= 4 is 29.1 Å². The standard InChI is InChI=1S/C23H23N3O4/c1-11-8-12(2)10-14(9-11)26-20(28)17-18(21(26)29)23(25-19(17)13(3)27)15-6-4-5-7-16(15)24-22(23)30/h4-10,13,17-19,25,27H,1-3H3,(H,24,30)/t13-,17-,18-,19-,23-/m0/s1. The van der Waals surface area contributed by atoms with E-state index >= 15 is 0 Å². The van der Waals surface area contributed by atoms with Crippen molar-refractivity contribution in [2.75, 3.05) is 10.2 Å². The number of carbonyl (C=O) groups excluding carboxylic acids is 3. The summed E-state index contributed by atoms with van der Waals surface area (Å²) >= 11 is 0. The minimum atomic E-state index is -1.39. The molecule has 5 rings (SSSR count). The van der Waals surface area contributed by atoms with Crippen molar-refractivity contribution in [1.29, 1.82) is 0 Å². The number of para-hydroxylation sites is 1. The highest BCUT2D eigenvalue weighted by atomic mass is 16.3. The van der Waals surface area contributed by atoms with Crippen molar-refractivity contribution in [3.63, 3.8) is 0 Å². The van der Waals surface area contributed by atoms with Gasteiger partial charge in [0.25, 0.3) is 0 Å². The van der Waals surface area contributed by atoms with Crippen LogP contribution in [0.3, 0.4) is 0 Å². The van der Waals surface area contributed by atoms with E-state index in [1.807, 2.05) is 19.9 Å². The van der Waals surface area contributed by atoms with Crippen LogP contribution in [0.25, 0.3) is 0 Å². The molecule has 30 heavy (non-hydrogen) atoms. The smallest absolute Gasteiger partial charge is 0.250 e. The van der Waals surface area contributed by atoms with Gasteiger partial charge in [-0.05, 0) is 50.1 Å². The van der Waals surface area contributed by atoms with Crippen LogP contribution in [0.1, 0.15) is 23.6 Å². The number of nitrogens with one attached hydrogen (secondary N) is 2. The molecule has 154 valence electrons. The molecule has 5 atom stereocenters. The van der Waals surface area contributed by atoms with E-state index in [1.165, 1.54) is 4.90 Å². The molecule has 7 nitrogen and oxygen atoms in total. The van der Waals surface area contributed by atoms with Crippen LogP contribution in [0.4, 0.5) is 11.4 Å². The van der Waals surface area contributed by atoms with E-state index in [4.69, 9.17) is 0 Å². The van der Waals surface area contributed by atoms with E-state index in [9.17, 15) is 19.5 Å². The monoisotopic (exact) mass is 405 g/mol. The lowest BCUT2D eigenvalue weighted by atomic mass is 9.76. The van der Waals surface area contributed by atoms with Gasteiger partial charge in [0.1, 0.15) is 5.54 Å². The summed E-state index contributed by atoms with van der Waals surface area (Å²) in [7, 11) is 0. The Hall–Kier alpha value is -3.03. The lowest BCUT2D eigenvalue weighted by Gasteiger charge is -2.30. The average molecular weight is 405 g/mol. The molecular weight excluding hydrogens is 382 g/mol. The summed E-state index contributed by atoms with van der Waals surface area (Å²) in [6.07, 6.45) is -0.923. The van der Waals surface area contributed by atoms with E-state index < -0.39 is 35.4 Å². The molecule has 3 aliphatic heterocycles. The van der Waals surface area contributed by atoms with Crippen molar-refractivity contribution in [2.45, 2.75) is 38.5 Å². The number of fused-ring (bicyclic) bond motifs is 4. The van der Waals surface area contributed by atoms with Gasteiger partial charge >= 0.3 is 0 Å². The van der Waals surface area contributed by atoms with Gasteiger partial charge in [0.15, 0.2) is 0 Å². The Balaban J connectivity index is 1.70. The van der Waals surface area contributed by atoms with Crippen LogP contribution in [0.2, 0.25) is 0 Å². The van der Waals surface area contributed by atoms with Gasteiger partial charge in [0.05, 0.1) is 23.6 Å². The van der Waals surface area contributed by atoms with Crippen molar-refractivity contribution in [1.82, 2.24) is 5.32 Å². The fourth-order valence-electron chi connectivity index (χ4n) is 5.44. The SMILES string of the molecule is Cc1cc(C)cc(N2C(=O)[C@@H]3[C@H]([C@H](C)O)N[C@]4(C(=O)Nc5ccccc54)[C@@H]3C2=O)c1. The fraction of sp³-hybridized carbons (Fsp3) is 0.348. The molecule has 3 aliphatic rings. The topological polar surface area (TPSA) is 98.7 Å². The molecule has 3 N–H and O–H groups in total. The van der Waals surface area contributed by atoms with Crippen LogP contribution in [0, 0.1) is 25.7 Å². The molecule has 0 aliphatic carbocycles. The number of imide groups is 1. The first-order valence-corrected chi connectivity index (χ1v) is 10.1. The third kappa shape index (κ3) is 2.30. The summed E-state index contributed by atoms with van der Waals surface area (Å²) in [6, 6.07) is 12.0.